The van der Waals surface area contributed by atoms with Crippen LogP contribution in [0.25, 0.3) is 0 Å². The van der Waals surface area contributed by atoms with E-state index in [9.17, 15) is 9.90 Å². The van der Waals surface area contributed by atoms with Crippen LogP contribution < -0.4 is 9.47 Å². The van der Waals surface area contributed by atoms with Gasteiger partial charge < -0.3 is 14.6 Å². The van der Waals surface area contributed by atoms with E-state index in [4.69, 9.17) is 9.47 Å². The van der Waals surface area contributed by atoms with Gasteiger partial charge in [-0.3, -0.25) is 0 Å². The summed E-state index contributed by atoms with van der Waals surface area (Å²) >= 11 is 0. The molecule has 22 heavy (non-hydrogen) atoms. The van der Waals surface area contributed by atoms with Crippen LogP contribution in [0.15, 0.2) is 48.5 Å². The van der Waals surface area contributed by atoms with Crippen molar-refractivity contribution in [1.29, 1.82) is 0 Å². The smallest absolute Gasteiger partial charge is 0.345 e. The van der Waals surface area contributed by atoms with Gasteiger partial charge in [-0.15, -0.1) is 0 Å². The summed E-state index contributed by atoms with van der Waals surface area (Å²) < 4.78 is 10.9. The number of rotatable bonds is 7. The first-order valence-electron chi connectivity index (χ1n) is 7.25. The van der Waals surface area contributed by atoms with Crippen molar-refractivity contribution in [2.45, 2.75) is 25.9 Å². The Balaban J connectivity index is 2.22. The monoisotopic (exact) mass is 300 g/mol. The first-order valence-corrected chi connectivity index (χ1v) is 7.25. The fraction of sp³-hybridized carbons (Fsp3) is 0.278. The minimum Gasteiger partial charge on any atom is -0.493 e. The molecule has 0 amide bonds. The largest absolute Gasteiger partial charge is 0.493 e. The molecule has 2 aromatic carbocycles. The number of carbonyl (C=O) groups is 1. The molecule has 0 spiro atoms. The molecule has 4 nitrogen and oxygen atoms in total. The molecule has 0 aromatic heterocycles. The van der Waals surface area contributed by atoms with Gasteiger partial charge in [0.15, 0.2) is 17.6 Å². The fourth-order valence-corrected chi connectivity index (χ4v) is 2.35. The Bertz CT molecular complexity index is 587. The molecular formula is C18H20O4. The van der Waals surface area contributed by atoms with Crippen molar-refractivity contribution in [3.05, 3.63) is 59.7 Å². The molecule has 0 aliphatic carbocycles. The van der Waals surface area contributed by atoms with Gasteiger partial charge in [0.05, 0.1) is 7.11 Å². The molecule has 0 radical (unpaired) electrons. The second kappa shape index (κ2) is 7.50. The summed E-state index contributed by atoms with van der Waals surface area (Å²) in [6, 6.07) is 14.9. The lowest BCUT2D eigenvalue weighted by Crippen LogP contribution is -2.30. The molecule has 116 valence electrons. The van der Waals surface area contributed by atoms with Crippen molar-refractivity contribution < 1.29 is 19.4 Å². The molecule has 1 atom stereocenters. The van der Waals surface area contributed by atoms with Gasteiger partial charge in [-0.2, -0.15) is 0 Å². The number of hydrogen-bond donors (Lipinski definition) is 1. The van der Waals surface area contributed by atoms with Crippen LogP contribution in [0.3, 0.4) is 0 Å². The Morgan fingerprint density at radius 2 is 1.64 bits per heavy atom. The topological polar surface area (TPSA) is 55.8 Å². The second-order valence-corrected chi connectivity index (χ2v) is 4.92. The molecule has 0 unspecified atom stereocenters. The molecule has 2 rings (SSSR count). The van der Waals surface area contributed by atoms with Gasteiger partial charge in [0.2, 0.25) is 0 Å². The minimum atomic E-state index is -0.989. The normalized spacial score (nSPS) is 11.7. The first kappa shape index (κ1) is 15.9. The van der Waals surface area contributed by atoms with E-state index in [2.05, 4.69) is 6.92 Å². The quantitative estimate of drug-likeness (QED) is 0.852. The highest BCUT2D eigenvalue weighted by Crippen LogP contribution is 2.27. The molecule has 4 heteroatoms. The predicted molar refractivity (Wildman–Crippen MR) is 84.6 cm³/mol. The van der Waals surface area contributed by atoms with Crippen LogP contribution in [0.4, 0.5) is 0 Å². The summed E-state index contributed by atoms with van der Waals surface area (Å²) in [4.78, 5) is 11.5. The number of aryl methyl sites for hydroxylation is 1. The van der Waals surface area contributed by atoms with E-state index in [1.54, 1.807) is 18.2 Å². The highest BCUT2D eigenvalue weighted by atomic mass is 16.5. The average Bonchev–Trinajstić information content (AvgIpc) is 2.55. The van der Waals surface area contributed by atoms with Gasteiger partial charge in [0.25, 0.3) is 0 Å². The number of methoxy groups -OCH3 is 1. The van der Waals surface area contributed by atoms with Crippen molar-refractivity contribution in [2.75, 3.05) is 7.11 Å². The molecule has 0 aliphatic heterocycles. The lowest BCUT2D eigenvalue weighted by atomic mass is 10.00. The molecule has 0 saturated heterocycles. The SMILES string of the molecule is CCc1ccccc1C[C@@H](Oc1ccccc1OC)C(=O)O. The van der Waals surface area contributed by atoms with Crippen LogP contribution in [0, 0.1) is 0 Å². The Hall–Kier alpha value is -2.49. The van der Waals surface area contributed by atoms with Crippen LogP contribution in [0.1, 0.15) is 18.1 Å². The molecule has 0 heterocycles. The van der Waals surface area contributed by atoms with Crippen LogP contribution >= 0.6 is 0 Å². The molecule has 0 saturated carbocycles. The Kier molecular flexibility index (Phi) is 5.42. The third kappa shape index (κ3) is 3.79. The van der Waals surface area contributed by atoms with Crippen molar-refractivity contribution >= 4 is 5.97 Å². The van der Waals surface area contributed by atoms with Crippen molar-refractivity contribution in [3.63, 3.8) is 0 Å². The summed E-state index contributed by atoms with van der Waals surface area (Å²) in [5, 5.41) is 9.46. The van der Waals surface area contributed by atoms with E-state index in [0.717, 1.165) is 17.5 Å². The summed E-state index contributed by atoms with van der Waals surface area (Å²) in [7, 11) is 1.53. The molecule has 0 bridgehead atoms. The van der Waals surface area contributed by atoms with E-state index in [1.165, 1.54) is 7.11 Å². The van der Waals surface area contributed by atoms with E-state index in [0.29, 0.717) is 17.9 Å². The Morgan fingerprint density at radius 1 is 1.05 bits per heavy atom. The number of carboxylic acids is 1. The van der Waals surface area contributed by atoms with Gasteiger partial charge in [-0.05, 0) is 29.7 Å². The molecule has 0 aliphatic rings. The highest BCUT2D eigenvalue weighted by Gasteiger charge is 2.22. The maximum atomic E-state index is 11.5. The standard InChI is InChI=1S/C18H20O4/c1-3-13-8-4-5-9-14(13)12-17(18(19)20)22-16-11-7-6-10-15(16)21-2/h4-11,17H,3,12H2,1-2H3,(H,19,20)/t17-/m1/s1. The highest BCUT2D eigenvalue weighted by molar-refractivity contribution is 5.73. The predicted octanol–water partition coefficient (Wildman–Crippen LogP) is 3.33. The summed E-state index contributed by atoms with van der Waals surface area (Å²) in [6.45, 7) is 2.05. The number of benzene rings is 2. The van der Waals surface area contributed by atoms with Crippen LogP contribution in [-0.2, 0) is 17.6 Å². The van der Waals surface area contributed by atoms with Crippen molar-refractivity contribution in [1.82, 2.24) is 0 Å². The van der Waals surface area contributed by atoms with Gasteiger partial charge in [0, 0.05) is 6.42 Å². The van der Waals surface area contributed by atoms with E-state index < -0.39 is 12.1 Å². The first-order chi connectivity index (χ1) is 10.7. The fourth-order valence-electron chi connectivity index (χ4n) is 2.35. The maximum absolute atomic E-state index is 11.5. The number of aliphatic carboxylic acids is 1. The number of para-hydroxylation sites is 2. The van der Waals surface area contributed by atoms with Crippen molar-refractivity contribution in [3.8, 4) is 11.5 Å². The van der Waals surface area contributed by atoms with Gasteiger partial charge in [0.1, 0.15) is 0 Å². The summed E-state index contributed by atoms with van der Waals surface area (Å²) in [5.41, 5.74) is 2.13. The lowest BCUT2D eigenvalue weighted by Gasteiger charge is -2.18. The van der Waals surface area contributed by atoms with Gasteiger partial charge in [-0.1, -0.05) is 43.3 Å². The van der Waals surface area contributed by atoms with E-state index >= 15 is 0 Å². The minimum absolute atomic E-state index is 0.317. The Morgan fingerprint density at radius 3 is 2.23 bits per heavy atom. The lowest BCUT2D eigenvalue weighted by molar-refractivity contribution is -0.145. The third-order valence-corrected chi connectivity index (χ3v) is 3.52. The second-order valence-electron chi connectivity index (χ2n) is 4.92. The molecule has 0 fully saturated rings. The van der Waals surface area contributed by atoms with Crippen LogP contribution in [0.2, 0.25) is 0 Å². The number of ether oxygens (including phenoxy) is 2. The van der Waals surface area contributed by atoms with Crippen LogP contribution in [-0.4, -0.2) is 24.3 Å². The molecule has 2 aromatic rings. The van der Waals surface area contributed by atoms with Gasteiger partial charge >= 0.3 is 5.97 Å². The maximum Gasteiger partial charge on any atom is 0.345 e. The number of hydrogen-bond acceptors (Lipinski definition) is 3. The van der Waals surface area contributed by atoms with E-state index in [1.807, 2.05) is 30.3 Å². The van der Waals surface area contributed by atoms with Gasteiger partial charge in [-0.25, -0.2) is 4.79 Å². The zero-order valence-corrected chi connectivity index (χ0v) is 12.8. The summed E-state index contributed by atoms with van der Waals surface area (Å²) in [6.07, 6.45) is 0.221. The average molecular weight is 300 g/mol. The molecule has 1 N–H and O–H groups in total. The third-order valence-electron chi connectivity index (χ3n) is 3.52. The summed E-state index contributed by atoms with van der Waals surface area (Å²) in [5.74, 6) is -0.0271. The van der Waals surface area contributed by atoms with Crippen LogP contribution in [0.5, 0.6) is 11.5 Å². The van der Waals surface area contributed by atoms with E-state index in [-0.39, 0.29) is 0 Å². The zero-order valence-electron chi connectivity index (χ0n) is 12.8. The zero-order chi connectivity index (χ0) is 15.9. The number of carboxylic acid groups (broad SMARTS) is 1. The molecular weight excluding hydrogens is 280 g/mol. The van der Waals surface area contributed by atoms with Crippen molar-refractivity contribution in [2.24, 2.45) is 0 Å². The Labute approximate surface area is 130 Å².